The standard InChI is InChI=1S/3C18H34O3.Sb/c3*1-2-3-4-5-7-10-13-16-17(21-16)14-11-8-6-9-12-15-18(19)20;/h3*16-17H,2-15H2,1H3,(H,19,20);/q;;;+3/p-3. The van der Waals surface area contributed by atoms with E-state index < -0.39 is 39.4 Å². The van der Waals surface area contributed by atoms with Crippen LogP contribution in [0, 0.1) is 0 Å². The van der Waals surface area contributed by atoms with Crippen molar-refractivity contribution in [2.45, 2.75) is 327 Å². The Labute approximate surface area is 402 Å². The van der Waals surface area contributed by atoms with Crippen LogP contribution in [0.25, 0.3) is 0 Å². The second kappa shape index (κ2) is 39.0. The molecule has 3 aliphatic heterocycles. The first-order valence-corrected chi connectivity index (χ1v) is 30.9. The molecule has 3 fully saturated rings. The van der Waals surface area contributed by atoms with E-state index in [0.717, 1.165) is 116 Å². The Balaban J connectivity index is 1.23. The van der Waals surface area contributed by atoms with E-state index >= 15 is 0 Å². The normalized spacial score (nSPS) is 21.0. The minimum absolute atomic E-state index is 0.249. The zero-order valence-electron chi connectivity index (χ0n) is 41.8. The molecule has 6 atom stereocenters. The van der Waals surface area contributed by atoms with Crippen molar-refractivity contribution in [3.63, 3.8) is 0 Å². The quantitative estimate of drug-likeness (QED) is 0.0334. The number of rotatable bonds is 48. The van der Waals surface area contributed by atoms with Crippen LogP contribution in [0.4, 0.5) is 0 Å². The van der Waals surface area contributed by atoms with Crippen LogP contribution in [0.5, 0.6) is 0 Å². The van der Waals surface area contributed by atoms with E-state index in [1.165, 1.54) is 135 Å². The second-order valence-corrected chi connectivity index (χ2v) is 22.7. The van der Waals surface area contributed by atoms with Gasteiger partial charge in [0.2, 0.25) is 0 Å². The van der Waals surface area contributed by atoms with Gasteiger partial charge in [-0.15, -0.1) is 0 Å². The van der Waals surface area contributed by atoms with Crippen molar-refractivity contribution in [2.24, 2.45) is 0 Å². The van der Waals surface area contributed by atoms with Crippen molar-refractivity contribution < 1.29 is 37.6 Å². The third-order valence-electron chi connectivity index (χ3n) is 13.7. The van der Waals surface area contributed by atoms with Gasteiger partial charge in [0.05, 0.1) is 0 Å². The first-order chi connectivity index (χ1) is 31.4. The minimum Gasteiger partial charge on any atom is -0.0654 e. The van der Waals surface area contributed by atoms with Gasteiger partial charge >= 0.3 is 268 Å². The van der Waals surface area contributed by atoms with E-state index in [9.17, 15) is 14.4 Å². The van der Waals surface area contributed by atoms with E-state index in [1.807, 2.05) is 0 Å². The Hall–Kier alpha value is -0.892. The van der Waals surface area contributed by atoms with Gasteiger partial charge in [-0.05, 0) is 0 Å². The van der Waals surface area contributed by atoms with Crippen LogP contribution in [0.15, 0.2) is 0 Å². The summed E-state index contributed by atoms with van der Waals surface area (Å²) in [6, 6.07) is 0. The predicted octanol–water partition coefficient (Wildman–Crippen LogP) is 15.3. The molecule has 3 heterocycles. The summed E-state index contributed by atoms with van der Waals surface area (Å²) in [5.74, 6) is -1.26. The molecule has 0 radical (unpaired) electrons. The summed E-state index contributed by atoms with van der Waals surface area (Å²) in [7, 11) is 0. The molecule has 9 nitrogen and oxygen atoms in total. The average Bonchev–Trinajstić information content (AvgIpc) is 4.22. The number of epoxide rings is 3. The maximum absolute atomic E-state index is 12.9. The minimum atomic E-state index is -3.82. The van der Waals surface area contributed by atoms with Crippen LogP contribution in [0.2, 0.25) is 0 Å². The average molecular weight is 1010 g/mol. The van der Waals surface area contributed by atoms with Gasteiger partial charge in [-0.3, -0.25) is 0 Å². The molecule has 6 unspecified atom stereocenters. The van der Waals surface area contributed by atoms with Crippen LogP contribution < -0.4 is 0 Å². The fourth-order valence-corrected chi connectivity index (χ4v) is 11.8. The Kier molecular flexibility index (Phi) is 35.0. The van der Waals surface area contributed by atoms with Crippen LogP contribution in [-0.2, 0) is 37.6 Å². The van der Waals surface area contributed by atoms with E-state index in [2.05, 4.69) is 20.8 Å². The zero-order chi connectivity index (χ0) is 45.7. The fourth-order valence-electron chi connectivity index (χ4n) is 9.32. The molecule has 374 valence electrons. The second-order valence-electron chi connectivity index (χ2n) is 19.8. The van der Waals surface area contributed by atoms with Gasteiger partial charge in [-0.1, -0.05) is 136 Å². The molecule has 0 aromatic rings. The van der Waals surface area contributed by atoms with Gasteiger partial charge in [0.25, 0.3) is 0 Å². The van der Waals surface area contributed by atoms with E-state index in [-0.39, 0.29) is 19.3 Å². The maximum atomic E-state index is 12.9. The van der Waals surface area contributed by atoms with Gasteiger partial charge in [0, 0.05) is 0 Å². The van der Waals surface area contributed by atoms with Crippen molar-refractivity contribution >= 4 is 39.4 Å². The van der Waals surface area contributed by atoms with Crippen molar-refractivity contribution in [1.29, 1.82) is 0 Å². The molecule has 3 saturated heterocycles. The summed E-state index contributed by atoms with van der Waals surface area (Å²) >= 11 is -3.82. The van der Waals surface area contributed by atoms with Crippen LogP contribution in [0.1, 0.15) is 290 Å². The molecule has 0 bridgehead atoms. The molecular weight excluding hydrogens is 914 g/mol. The molecule has 64 heavy (non-hydrogen) atoms. The van der Waals surface area contributed by atoms with Gasteiger partial charge < -0.3 is 0 Å². The van der Waals surface area contributed by atoms with E-state index in [1.54, 1.807) is 0 Å². The van der Waals surface area contributed by atoms with Crippen molar-refractivity contribution in [3.05, 3.63) is 0 Å². The molecule has 0 saturated carbocycles. The number of carbonyl (C=O) groups excluding carboxylic acids is 3. The van der Waals surface area contributed by atoms with Crippen LogP contribution in [-0.4, -0.2) is 76.0 Å². The number of carbonyl (C=O) groups is 3. The molecule has 0 aromatic heterocycles. The summed E-state index contributed by atoms with van der Waals surface area (Å²) < 4.78 is 34.6. The Morgan fingerprint density at radius 2 is 0.484 bits per heavy atom. The zero-order valence-corrected chi connectivity index (χ0v) is 44.3. The molecule has 0 N–H and O–H groups in total. The SMILES string of the molecule is CCCCCCCCC1OC1CCCCCCCC(=O)[O][Sb]([O]C(=O)CCCCCCCC1OC1CCCCCCCC)[O]C(=O)CCCCCCCC1OC1CCCCCCCC. The summed E-state index contributed by atoms with van der Waals surface area (Å²) in [6.07, 6.45) is 49.7. The third-order valence-corrected chi connectivity index (χ3v) is 16.7. The van der Waals surface area contributed by atoms with Gasteiger partial charge in [-0.2, -0.15) is 0 Å². The first-order valence-electron chi connectivity index (χ1n) is 27.8. The van der Waals surface area contributed by atoms with Gasteiger partial charge in [0.15, 0.2) is 0 Å². The van der Waals surface area contributed by atoms with Crippen molar-refractivity contribution in [3.8, 4) is 0 Å². The topological polar surface area (TPSA) is 116 Å². The van der Waals surface area contributed by atoms with E-state index in [4.69, 9.17) is 23.3 Å². The number of ether oxygens (including phenoxy) is 3. The molecule has 3 rings (SSSR count). The number of unbranched alkanes of at least 4 members (excludes halogenated alkanes) is 27. The van der Waals surface area contributed by atoms with Crippen molar-refractivity contribution in [1.82, 2.24) is 0 Å². The molecule has 3 aliphatic rings. The Morgan fingerprint density at radius 1 is 0.297 bits per heavy atom. The summed E-state index contributed by atoms with van der Waals surface area (Å²) in [5.41, 5.74) is 0. The third kappa shape index (κ3) is 32.0. The van der Waals surface area contributed by atoms with Gasteiger partial charge in [0.1, 0.15) is 0 Å². The van der Waals surface area contributed by atoms with E-state index in [0.29, 0.717) is 36.6 Å². The smallest absolute Gasteiger partial charge is 0.0654 e. The first kappa shape index (κ1) is 57.4. The molecular formula is C54H99O9Sb. The molecule has 10 heteroatoms. The summed E-state index contributed by atoms with van der Waals surface area (Å²) in [4.78, 5) is 38.6. The van der Waals surface area contributed by atoms with Crippen LogP contribution in [0.3, 0.4) is 0 Å². The number of hydrogen-bond acceptors (Lipinski definition) is 9. The Bertz CT molecular complexity index is 1020. The number of hydrogen-bond donors (Lipinski definition) is 0. The van der Waals surface area contributed by atoms with Gasteiger partial charge in [-0.25, -0.2) is 0 Å². The molecule has 0 amide bonds. The predicted molar refractivity (Wildman–Crippen MR) is 261 cm³/mol. The fraction of sp³-hybridized carbons (Fsp3) is 0.944. The van der Waals surface area contributed by atoms with Crippen molar-refractivity contribution in [2.75, 3.05) is 0 Å². The molecule has 0 aromatic carbocycles. The monoisotopic (exact) mass is 1010 g/mol. The van der Waals surface area contributed by atoms with Crippen LogP contribution >= 0.6 is 0 Å². The summed E-state index contributed by atoms with van der Waals surface area (Å²) in [6.45, 7) is 6.78. The Morgan fingerprint density at radius 3 is 0.703 bits per heavy atom. The molecule has 0 aliphatic carbocycles. The molecule has 0 spiro atoms. The summed E-state index contributed by atoms with van der Waals surface area (Å²) in [5, 5.41) is 0.